The third-order valence-corrected chi connectivity index (χ3v) is 3.78. The Morgan fingerprint density at radius 1 is 1.25 bits per heavy atom. The van der Waals surface area contributed by atoms with Crippen molar-refractivity contribution >= 4 is 10.1 Å². The Morgan fingerprint density at radius 3 is 2.20 bits per heavy atom. The summed E-state index contributed by atoms with van der Waals surface area (Å²) in [6.45, 7) is 7.27. The molecule has 1 N–H and O–H groups in total. The first kappa shape index (κ1) is 19.7. The summed E-state index contributed by atoms with van der Waals surface area (Å²) in [6.07, 6.45) is 8.44. The van der Waals surface area contributed by atoms with Crippen molar-refractivity contribution in [3.05, 3.63) is 0 Å². The van der Waals surface area contributed by atoms with Crippen molar-refractivity contribution in [3.63, 3.8) is 0 Å². The summed E-state index contributed by atoms with van der Waals surface area (Å²) < 4.78 is 57.5. The number of hydrogen-bond acceptors (Lipinski definition) is 3. The van der Waals surface area contributed by atoms with Gasteiger partial charge in [-0.3, -0.25) is 4.55 Å². The molecule has 20 heavy (non-hydrogen) atoms. The van der Waals surface area contributed by atoms with Crippen LogP contribution in [0.15, 0.2) is 0 Å². The average Bonchev–Trinajstić information content (AvgIpc) is 2.72. The van der Waals surface area contributed by atoms with Gasteiger partial charge in [-0.2, -0.15) is 21.6 Å². The zero-order valence-corrected chi connectivity index (χ0v) is 12.8. The van der Waals surface area contributed by atoms with E-state index >= 15 is 0 Å². The Bertz CT molecular complexity index is 357. The van der Waals surface area contributed by atoms with E-state index in [1.807, 2.05) is 0 Å². The highest BCUT2D eigenvalue weighted by molar-refractivity contribution is 7.86. The van der Waals surface area contributed by atoms with Crippen LogP contribution < -0.4 is 0 Å². The molecule has 0 bridgehead atoms. The second-order valence-electron chi connectivity index (χ2n) is 4.90. The maximum absolute atomic E-state index is 10.7. The molecule has 0 amide bonds. The van der Waals surface area contributed by atoms with E-state index in [4.69, 9.17) is 13.0 Å². The maximum Gasteiger partial charge on any atom is 0.522 e. The van der Waals surface area contributed by atoms with Crippen LogP contribution in [-0.2, 0) is 10.1 Å². The second-order valence-corrected chi connectivity index (χ2v) is 6.31. The van der Waals surface area contributed by atoms with E-state index in [1.54, 1.807) is 0 Å². The van der Waals surface area contributed by atoms with Crippen LogP contribution >= 0.6 is 0 Å². The molecule has 0 saturated carbocycles. The van der Waals surface area contributed by atoms with Gasteiger partial charge < -0.3 is 4.90 Å². The van der Waals surface area contributed by atoms with Gasteiger partial charge in [0.1, 0.15) is 0 Å². The number of likely N-dealkylation sites (tertiary alicyclic amines) is 1. The lowest BCUT2D eigenvalue weighted by atomic mass is 10.1. The lowest BCUT2D eigenvalue weighted by molar-refractivity contribution is -0.0510. The number of halogens is 3. The number of rotatable bonds is 5. The first-order chi connectivity index (χ1) is 9.13. The highest BCUT2D eigenvalue weighted by Crippen LogP contribution is 2.22. The van der Waals surface area contributed by atoms with Gasteiger partial charge in [0.05, 0.1) is 0 Å². The van der Waals surface area contributed by atoms with E-state index in [0.29, 0.717) is 0 Å². The van der Waals surface area contributed by atoms with Crippen LogP contribution in [0.2, 0.25) is 0 Å². The van der Waals surface area contributed by atoms with Crippen LogP contribution in [0.5, 0.6) is 0 Å². The Hall–Kier alpha value is -0.340. The average molecular weight is 319 g/mol. The molecule has 1 rings (SSSR count). The highest BCUT2D eigenvalue weighted by atomic mass is 32.2. The molecule has 1 aliphatic rings. The number of hydrogen-bond donors (Lipinski definition) is 1. The molecule has 1 aliphatic heterocycles. The molecule has 0 aromatic carbocycles. The Balaban J connectivity index is 0.000000396. The van der Waals surface area contributed by atoms with Crippen LogP contribution in [0.3, 0.4) is 0 Å². The summed E-state index contributed by atoms with van der Waals surface area (Å²) in [7, 11) is -5.84. The quantitative estimate of drug-likeness (QED) is 0.623. The SMILES string of the molecule is CCCCC1CCCN1CCC.O=S(=O)(O)C(F)(F)F. The summed E-state index contributed by atoms with van der Waals surface area (Å²) in [5.74, 6) is 0. The van der Waals surface area contributed by atoms with Crippen LogP contribution in [0, 0.1) is 0 Å². The van der Waals surface area contributed by atoms with Crippen molar-refractivity contribution in [1.29, 1.82) is 0 Å². The Morgan fingerprint density at radius 2 is 1.80 bits per heavy atom. The van der Waals surface area contributed by atoms with Gasteiger partial charge in [0.25, 0.3) is 0 Å². The summed E-state index contributed by atoms with van der Waals surface area (Å²) in [5, 5.41) is 0. The summed E-state index contributed by atoms with van der Waals surface area (Å²) >= 11 is 0. The van der Waals surface area contributed by atoms with Gasteiger partial charge in [0, 0.05) is 6.04 Å². The molecule has 1 fully saturated rings. The van der Waals surface area contributed by atoms with Crippen molar-refractivity contribution in [3.8, 4) is 0 Å². The molecule has 1 atom stereocenters. The molecule has 1 saturated heterocycles. The standard InChI is InChI=1S/C11H23N.CHF3O3S/c1-3-5-7-11-8-6-10-12(11)9-4-2;2-1(3,4)8(5,6)7/h11H,3-10H2,1-2H3;(H,5,6,7). The first-order valence-electron chi connectivity index (χ1n) is 6.91. The largest absolute Gasteiger partial charge is 0.522 e. The molecular weight excluding hydrogens is 295 g/mol. The van der Waals surface area contributed by atoms with E-state index < -0.39 is 15.6 Å². The zero-order chi connectivity index (χ0) is 15.8. The monoisotopic (exact) mass is 319 g/mol. The number of unbranched alkanes of at least 4 members (excludes halogenated alkanes) is 1. The van der Waals surface area contributed by atoms with Crippen LogP contribution in [0.25, 0.3) is 0 Å². The number of alkyl halides is 3. The van der Waals surface area contributed by atoms with Gasteiger partial charge in [0.15, 0.2) is 0 Å². The molecule has 8 heteroatoms. The first-order valence-corrected chi connectivity index (χ1v) is 8.35. The molecule has 0 aromatic heterocycles. The van der Waals surface area contributed by atoms with Crippen molar-refractivity contribution in [2.24, 2.45) is 0 Å². The lowest BCUT2D eigenvalue weighted by Gasteiger charge is -2.23. The van der Waals surface area contributed by atoms with Gasteiger partial charge in [-0.25, -0.2) is 0 Å². The van der Waals surface area contributed by atoms with Crippen molar-refractivity contribution < 1.29 is 26.1 Å². The summed E-state index contributed by atoms with van der Waals surface area (Å²) in [5.41, 5.74) is -5.53. The fourth-order valence-electron chi connectivity index (χ4n) is 2.24. The highest BCUT2D eigenvalue weighted by Gasteiger charge is 2.44. The predicted molar refractivity (Wildman–Crippen MR) is 72.0 cm³/mol. The topological polar surface area (TPSA) is 57.6 Å². The van der Waals surface area contributed by atoms with E-state index in [-0.39, 0.29) is 0 Å². The lowest BCUT2D eigenvalue weighted by Crippen LogP contribution is -2.29. The van der Waals surface area contributed by atoms with Gasteiger partial charge >= 0.3 is 15.6 Å². The normalized spacial score (nSPS) is 20.6. The van der Waals surface area contributed by atoms with E-state index in [1.165, 1.54) is 51.6 Å². The fraction of sp³-hybridized carbons (Fsp3) is 1.00. The van der Waals surface area contributed by atoms with Gasteiger partial charge in [-0.15, -0.1) is 0 Å². The van der Waals surface area contributed by atoms with Gasteiger partial charge in [0.2, 0.25) is 0 Å². The smallest absolute Gasteiger partial charge is 0.300 e. The maximum atomic E-state index is 10.7. The third-order valence-electron chi connectivity index (χ3n) is 3.19. The molecule has 0 radical (unpaired) electrons. The minimum atomic E-state index is -5.84. The van der Waals surface area contributed by atoms with Crippen molar-refractivity contribution in [2.45, 2.75) is 63.9 Å². The fourth-order valence-corrected chi connectivity index (χ4v) is 2.24. The molecule has 1 heterocycles. The number of nitrogens with zero attached hydrogens (tertiary/aromatic N) is 1. The molecule has 1 unspecified atom stereocenters. The van der Waals surface area contributed by atoms with Crippen molar-refractivity contribution in [2.75, 3.05) is 13.1 Å². The summed E-state index contributed by atoms with van der Waals surface area (Å²) in [4.78, 5) is 2.69. The molecule has 122 valence electrons. The Labute approximate surface area is 119 Å². The van der Waals surface area contributed by atoms with Crippen LogP contribution in [-0.4, -0.2) is 42.5 Å². The van der Waals surface area contributed by atoms with Gasteiger partial charge in [-0.05, 0) is 38.8 Å². The van der Waals surface area contributed by atoms with Crippen molar-refractivity contribution in [1.82, 2.24) is 4.90 Å². The minimum absolute atomic E-state index is 0.935. The predicted octanol–water partition coefficient (Wildman–Crippen LogP) is 3.45. The van der Waals surface area contributed by atoms with E-state index in [0.717, 1.165) is 6.04 Å². The molecule has 0 spiro atoms. The van der Waals surface area contributed by atoms with Crippen LogP contribution in [0.4, 0.5) is 13.2 Å². The van der Waals surface area contributed by atoms with E-state index in [2.05, 4.69) is 18.7 Å². The molecule has 0 aliphatic carbocycles. The Kier molecular flexibility index (Phi) is 8.69. The van der Waals surface area contributed by atoms with Crippen LogP contribution in [0.1, 0.15) is 52.4 Å². The second kappa shape index (κ2) is 8.84. The van der Waals surface area contributed by atoms with Gasteiger partial charge in [-0.1, -0.05) is 26.7 Å². The molecule has 4 nitrogen and oxygen atoms in total. The zero-order valence-electron chi connectivity index (χ0n) is 12.0. The van der Waals surface area contributed by atoms with E-state index in [9.17, 15) is 13.2 Å². The third kappa shape index (κ3) is 7.44. The minimum Gasteiger partial charge on any atom is -0.300 e. The molecule has 0 aromatic rings. The summed E-state index contributed by atoms with van der Waals surface area (Å²) in [6, 6.07) is 0.935. The molecular formula is C12H24F3NO3S.